The Bertz CT molecular complexity index is 4110. The van der Waals surface area contributed by atoms with E-state index in [4.69, 9.17) is 0 Å². The van der Waals surface area contributed by atoms with E-state index < -0.39 is 16.1 Å². The van der Waals surface area contributed by atoms with Crippen molar-refractivity contribution in [3.05, 3.63) is 320 Å². The molecule has 0 atom stereocenters. The summed E-state index contributed by atoms with van der Waals surface area (Å²) in [6.45, 7) is 2.42. The van der Waals surface area contributed by atoms with Gasteiger partial charge in [-0.2, -0.15) is 0 Å². The van der Waals surface area contributed by atoms with Gasteiger partial charge in [-0.1, -0.05) is 267 Å². The Balaban J connectivity index is 0.916. The lowest BCUT2D eigenvalue weighted by Crippen LogP contribution is -2.72. The van der Waals surface area contributed by atoms with Crippen molar-refractivity contribution in [3.63, 3.8) is 0 Å². The molecule has 0 radical (unpaired) electrons. The normalized spacial score (nSPS) is 14.4. The maximum absolute atomic E-state index is 2.80. The van der Waals surface area contributed by atoms with E-state index in [1.165, 1.54) is 103 Å². The van der Waals surface area contributed by atoms with Gasteiger partial charge in [-0.15, -0.1) is 0 Å². The number of benzene rings is 12. The highest BCUT2D eigenvalue weighted by Crippen LogP contribution is 2.53. The van der Waals surface area contributed by atoms with Gasteiger partial charge in [0.2, 0.25) is 0 Å². The minimum atomic E-state index is -2.80. The Labute approximate surface area is 453 Å². The van der Waals surface area contributed by atoms with Crippen molar-refractivity contribution in [2.24, 2.45) is 0 Å². The molecule has 362 valence electrons. The van der Waals surface area contributed by atoms with Gasteiger partial charge >= 0.3 is 0 Å². The van der Waals surface area contributed by atoms with Crippen molar-refractivity contribution in [2.75, 3.05) is 4.90 Å². The second-order valence-corrected chi connectivity index (χ2v) is 28.7. The molecule has 15 rings (SSSR count). The monoisotopic (exact) mass is 1010 g/mol. The molecule has 0 saturated carbocycles. The molecule has 0 spiro atoms. The Kier molecular flexibility index (Phi) is 10.4. The van der Waals surface area contributed by atoms with E-state index in [2.05, 4.69) is 315 Å². The zero-order valence-corrected chi connectivity index (χ0v) is 44.8. The van der Waals surface area contributed by atoms with Crippen LogP contribution in [0, 0.1) is 0 Å². The van der Waals surface area contributed by atoms with E-state index in [0.717, 1.165) is 17.1 Å². The molecule has 0 bridgehead atoms. The quantitative estimate of drug-likeness (QED) is 0.130. The van der Waals surface area contributed by atoms with Gasteiger partial charge in [-0.25, -0.2) is 0 Å². The van der Waals surface area contributed by atoms with Crippen molar-refractivity contribution in [2.45, 2.75) is 12.3 Å². The molecule has 77 heavy (non-hydrogen) atoms. The maximum atomic E-state index is 2.55. The van der Waals surface area contributed by atoms with Gasteiger partial charge in [-0.3, -0.25) is 0 Å². The van der Waals surface area contributed by atoms with Crippen molar-refractivity contribution < 1.29 is 0 Å². The standard InChI is InChI=1S/C74H53NSi2/c1-74(68-38-16-11-33-62(68)63-34-12-17-39-69(63)74)54-24-22-25-56(50-54)75(57-47-48-67-66-37-15-18-40-70(66)76(73(67)51-57,58-26-5-2-6-27-58)59-28-7-3-8-29-59)55-45-43-52(44-46-55)53-23-21-32-61(49-53)77(60-30-9-4-10-31-60)71-41-19-13-35-64(71)65-36-14-20-42-72(65)77/h2-51H,1H3. The predicted octanol–water partition coefficient (Wildman–Crippen LogP) is 12.9. The average Bonchev–Trinajstić information content (AvgIpc) is 4.27. The summed E-state index contributed by atoms with van der Waals surface area (Å²) < 4.78 is 0. The zero-order chi connectivity index (χ0) is 51.1. The molecule has 12 aromatic carbocycles. The molecule has 1 nitrogen and oxygen atoms in total. The maximum Gasteiger partial charge on any atom is 0.180 e. The smallest absolute Gasteiger partial charge is 0.180 e. The van der Waals surface area contributed by atoms with E-state index in [1.807, 2.05) is 0 Å². The molecule has 1 aliphatic carbocycles. The van der Waals surface area contributed by atoms with E-state index in [-0.39, 0.29) is 5.41 Å². The molecule has 0 fully saturated rings. The second-order valence-electron chi connectivity index (χ2n) is 21.2. The highest BCUT2D eigenvalue weighted by molar-refractivity contribution is 7.23. The second kappa shape index (κ2) is 17.7. The van der Waals surface area contributed by atoms with Crippen molar-refractivity contribution >= 4 is 74.7 Å². The molecule has 3 aliphatic rings. The summed E-state index contributed by atoms with van der Waals surface area (Å²) in [6.07, 6.45) is 0. The largest absolute Gasteiger partial charge is 0.310 e. The lowest BCUT2D eigenvalue weighted by molar-refractivity contribution is 0.714. The van der Waals surface area contributed by atoms with E-state index in [1.54, 1.807) is 0 Å². The summed E-state index contributed by atoms with van der Waals surface area (Å²) in [5, 5.41) is 11.4. The van der Waals surface area contributed by atoms with Crippen LogP contribution in [0.5, 0.6) is 0 Å². The molecule has 0 amide bonds. The van der Waals surface area contributed by atoms with Gasteiger partial charge in [0, 0.05) is 22.5 Å². The summed E-state index contributed by atoms with van der Waals surface area (Å²) in [5.74, 6) is 0. The molecule has 0 N–H and O–H groups in total. The van der Waals surface area contributed by atoms with Gasteiger partial charge in [0.05, 0.1) is 0 Å². The van der Waals surface area contributed by atoms with Gasteiger partial charge in [0.25, 0.3) is 0 Å². The highest BCUT2D eigenvalue weighted by atomic mass is 28.3. The number of rotatable bonds is 9. The topological polar surface area (TPSA) is 3.24 Å². The number of nitrogens with zero attached hydrogens (tertiary/aromatic N) is 1. The van der Waals surface area contributed by atoms with Crippen LogP contribution in [0.25, 0.3) is 44.5 Å². The Hall–Kier alpha value is -9.13. The number of hydrogen-bond acceptors (Lipinski definition) is 1. The van der Waals surface area contributed by atoms with E-state index in [9.17, 15) is 0 Å². The Morgan fingerprint density at radius 3 is 1.19 bits per heavy atom. The first-order valence-corrected chi connectivity index (χ1v) is 31.0. The summed E-state index contributed by atoms with van der Waals surface area (Å²) in [5.41, 5.74) is 17.4. The molecule has 12 aromatic rings. The first kappa shape index (κ1) is 45.3. The van der Waals surface area contributed by atoms with Crippen molar-refractivity contribution in [1.29, 1.82) is 0 Å². The molecule has 3 heteroatoms. The fourth-order valence-electron chi connectivity index (χ4n) is 14.2. The van der Waals surface area contributed by atoms with Crippen LogP contribution in [-0.2, 0) is 5.41 Å². The van der Waals surface area contributed by atoms with Crippen LogP contribution >= 0.6 is 0 Å². The fourth-order valence-corrected chi connectivity index (χ4v) is 24.6. The van der Waals surface area contributed by atoms with E-state index in [0.29, 0.717) is 0 Å². The summed E-state index contributed by atoms with van der Waals surface area (Å²) in [6, 6.07) is 115. The van der Waals surface area contributed by atoms with Crippen LogP contribution in [0.3, 0.4) is 0 Å². The average molecular weight is 1010 g/mol. The summed E-state index contributed by atoms with van der Waals surface area (Å²) >= 11 is 0. The van der Waals surface area contributed by atoms with Crippen LogP contribution in [0.15, 0.2) is 303 Å². The van der Waals surface area contributed by atoms with Gasteiger partial charge < -0.3 is 4.90 Å². The molecular formula is C74H53NSi2. The van der Waals surface area contributed by atoms with Crippen LogP contribution in [0.2, 0.25) is 0 Å². The van der Waals surface area contributed by atoms with E-state index >= 15 is 0 Å². The Morgan fingerprint density at radius 2 is 0.662 bits per heavy atom. The Morgan fingerprint density at radius 1 is 0.260 bits per heavy atom. The summed E-state index contributed by atoms with van der Waals surface area (Å²) in [4.78, 5) is 2.52. The molecular weight excluding hydrogens is 959 g/mol. The van der Waals surface area contributed by atoms with Gasteiger partial charge in [0.1, 0.15) is 0 Å². The number of anilines is 3. The third-order valence-corrected chi connectivity index (χ3v) is 27.2. The number of fused-ring (bicyclic) bond motifs is 9. The fraction of sp³-hybridized carbons (Fsp3) is 0.0270. The molecule has 2 aliphatic heterocycles. The molecule has 2 heterocycles. The third kappa shape index (κ3) is 6.58. The first-order chi connectivity index (χ1) is 38.1. The molecule has 0 unspecified atom stereocenters. The third-order valence-electron chi connectivity index (χ3n) is 17.5. The first-order valence-electron chi connectivity index (χ1n) is 27.0. The lowest BCUT2D eigenvalue weighted by Gasteiger charge is -2.33. The van der Waals surface area contributed by atoms with Crippen LogP contribution in [-0.4, -0.2) is 16.1 Å². The summed E-state index contributed by atoms with van der Waals surface area (Å²) in [7, 11) is -5.47. The van der Waals surface area contributed by atoms with Gasteiger partial charge in [0.15, 0.2) is 16.1 Å². The minimum Gasteiger partial charge on any atom is -0.310 e. The number of hydrogen-bond donors (Lipinski definition) is 0. The van der Waals surface area contributed by atoms with Gasteiger partial charge in [-0.05, 0) is 146 Å². The van der Waals surface area contributed by atoms with Crippen molar-refractivity contribution in [3.8, 4) is 44.5 Å². The molecule has 0 aromatic heterocycles. The predicted molar refractivity (Wildman–Crippen MR) is 329 cm³/mol. The van der Waals surface area contributed by atoms with Crippen LogP contribution < -0.4 is 46.4 Å². The molecule has 0 saturated heterocycles. The van der Waals surface area contributed by atoms with Crippen LogP contribution in [0.4, 0.5) is 17.1 Å². The SMILES string of the molecule is CC1(c2cccc(N(c3ccc(-c4cccc([Si]5(c6ccccc6)c6ccccc6-c6ccccc65)c4)cc3)c3ccc4c(c3)[Si](c3ccccc3)(c3ccccc3)c3ccccc3-4)c2)c2ccccc2-c2ccccc21. The van der Waals surface area contributed by atoms with Crippen LogP contribution in [0.1, 0.15) is 23.6 Å². The highest BCUT2D eigenvalue weighted by Gasteiger charge is 2.50. The minimum absolute atomic E-state index is 0.354. The lowest BCUT2D eigenvalue weighted by atomic mass is 9.74. The zero-order valence-electron chi connectivity index (χ0n) is 42.8. The van der Waals surface area contributed by atoms with Crippen molar-refractivity contribution in [1.82, 2.24) is 0 Å².